The molecule has 0 bridgehead atoms. The molecule has 0 atom stereocenters. The smallest absolute Gasteiger partial charge is 0.346 e. The van der Waals surface area contributed by atoms with Gasteiger partial charge in [-0.15, -0.1) is 0 Å². The largest absolute Gasteiger partial charge is 0.386 e. The number of rotatable bonds is 11. The van der Waals surface area contributed by atoms with Crippen LogP contribution in [0.25, 0.3) is 28.3 Å². The Morgan fingerprint density at radius 2 is 1.42 bits per heavy atom. The number of aryl methyl sites for hydroxylation is 1. The molecule has 1 heterocycles. The molecule has 1 aliphatic rings. The van der Waals surface area contributed by atoms with Gasteiger partial charge < -0.3 is 14.2 Å². The third-order valence-corrected chi connectivity index (χ3v) is 7.68. The van der Waals surface area contributed by atoms with Gasteiger partial charge in [0, 0.05) is 16.7 Å². The average Bonchev–Trinajstić information content (AvgIpc) is 3.01. The molecule has 4 aromatic rings. The molecular weight excluding hydrogens is 594 g/mol. The van der Waals surface area contributed by atoms with Gasteiger partial charge in [0.2, 0.25) is 0 Å². The summed E-state index contributed by atoms with van der Waals surface area (Å²) in [7, 11) is 0. The molecule has 5 rings (SSSR count). The van der Waals surface area contributed by atoms with Gasteiger partial charge in [-0.05, 0) is 65.4 Å². The quantitative estimate of drug-likeness (QED) is 0.123. The molecule has 4 aromatic carbocycles. The zero-order valence-electron chi connectivity index (χ0n) is 24.6. The van der Waals surface area contributed by atoms with Crippen LogP contribution in [0.1, 0.15) is 54.7 Å². The molecule has 1 aliphatic heterocycles. The van der Waals surface area contributed by atoms with Crippen molar-refractivity contribution in [3.63, 3.8) is 0 Å². The van der Waals surface area contributed by atoms with Crippen molar-refractivity contribution in [2.75, 3.05) is 13.2 Å². The van der Waals surface area contributed by atoms with Crippen LogP contribution in [0.2, 0.25) is 0 Å². The van der Waals surface area contributed by atoms with Gasteiger partial charge in [0.25, 0.3) is 0 Å². The van der Waals surface area contributed by atoms with E-state index in [2.05, 4.69) is 6.58 Å². The lowest BCUT2D eigenvalue weighted by Crippen LogP contribution is -2.38. The molecule has 0 spiro atoms. The third kappa shape index (κ3) is 7.49. The molecule has 1 fully saturated rings. The van der Waals surface area contributed by atoms with Crippen molar-refractivity contribution in [2.45, 2.75) is 51.1 Å². The number of alkyl halides is 2. The molecule has 45 heavy (non-hydrogen) atoms. The molecule has 1 saturated heterocycles. The lowest BCUT2D eigenvalue weighted by molar-refractivity contribution is -0.321. The van der Waals surface area contributed by atoms with Crippen molar-refractivity contribution in [1.82, 2.24) is 0 Å². The minimum Gasteiger partial charge on any atom is -0.346 e. The Morgan fingerprint density at radius 3 is 2.02 bits per heavy atom. The molecule has 3 nitrogen and oxygen atoms in total. The van der Waals surface area contributed by atoms with E-state index in [0.29, 0.717) is 28.7 Å². The number of ether oxygens (including phenoxy) is 3. The minimum atomic E-state index is -3.87. The fraction of sp³-hybridized carbons (Fsp3) is 0.278. The van der Waals surface area contributed by atoms with Gasteiger partial charge in [-0.3, -0.25) is 0 Å². The van der Waals surface area contributed by atoms with Gasteiger partial charge in [0.1, 0.15) is 29.4 Å². The average molecular weight is 627 g/mol. The predicted octanol–water partition coefficient (Wildman–Crippen LogP) is 10.1. The highest BCUT2D eigenvalue weighted by Gasteiger charge is 2.40. The van der Waals surface area contributed by atoms with E-state index >= 15 is 4.39 Å². The molecular formula is C36H32F6O3. The fourth-order valence-electron chi connectivity index (χ4n) is 5.24. The summed E-state index contributed by atoms with van der Waals surface area (Å²) in [5, 5.41) is 0. The topological polar surface area (TPSA) is 27.7 Å². The summed E-state index contributed by atoms with van der Waals surface area (Å²) in [5.74, 6) is -3.36. The Kier molecular flexibility index (Phi) is 10.1. The van der Waals surface area contributed by atoms with Crippen molar-refractivity contribution < 1.29 is 40.6 Å². The zero-order chi connectivity index (χ0) is 32.1. The van der Waals surface area contributed by atoms with Crippen molar-refractivity contribution in [1.29, 1.82) is 0 Å². The second-order valence-corrected chi connectivity index (χ2v) is 10.9. The van der Waals surface area contributed by atoms with Crippen LogP contribution in [-0.4, -0.2) is 19.3 Å². The van der Waals surface area contributed by atoms with Crippen molar-refractivity contribution in [3.8, 4) is 22.3 Å². The summed E-state index contributed by atoms with van der Waals surface area (Å²) in [5.41, 5.74) is 1.40. The van der Waals surface area contributed by atoms with E-state index in [1.54, 1.807) is 30.3 Å². The van der Waals surface area contributed by atoms with Crippen LogP contribution >= 0.6 is 0 Å². The van der Waals surface area contributed by atoms with Crippen LogP contribution in [0, 0.1) is 23.3 Å². The Balaban J connectivity index is 1.19. The lowest BCUT2D eigenvalue weighted by Gasteiger charge is -2.32. The van der Waals surface area contributed by atoms with Gasteiger partial charge in [0.15, 0.2) is 6.29 Å². The van der Waals surface area contributed by atoms with Crippen LogP contribution in [-0.2, 0) is 26.7 Å². The monoisotopic (exact) mass is 626 g/mol. The van der Waals surface area contributed by atoms with Crippen molar-refractivity contribution in [3.05, 3.63) is 125 Å². The van der Waals surface area contributed by atoms with E-state index in [0.717, 1.165) is 49.6 Å². The maximum atomic E-state index is 15.0. The lowest BCUT2D eigenvalue weighted by atomic mass is 9.98. The van der Waals surface area contributed by atoms with Crippen LogP contribution in [0.5, 0.6) is 0 Å². The van der Waals surface area contributed by atoms with Crippen LogP contribution in [0.4, 0.5) is 26.3 Å². The maximum absolute atomic E-state index is 15.0. The first kappa shape index (κ1) is 32.5. The predicted molar refractivity (Wildman–Crippen MR) is 160 cm³/mol. The van der Waals surface area contributed by atoms with Gasteiger partial charge in [-0.1, -0.05) is 74.9 Å². The molecule has 0 saturated carbocycles. The van der Waals surface area contributed by atoms with Crippen molar-refractivity contribution in [2.24, 2.45) is 0 Å². The van der Waals surface area contributed by atoms with Crippen LogP contribution in [0.3, 0.4) is 0 Å². The number of hydrogen-bond donors (Lipinski definition) is 0. The fourth-order valence-corrected chi connectivity index (χ4v) is 5.24. The summed E-state index contributed by atoms with van der Waals surface area (Å²) in [6, 6.07) is 16.9. The molecule has 0 aromatic heterocycles. The molecule has 9 heteroatoms. The van der Waals surface area contributed by atoms with E-state index < -0.39 is 47.3 Å². The van der Waals surface area contributed by atoms with Gasteiger partial charge in [-0.25, -0.2) is 17.6 Å². The normalized spacial score (nSPS) is 17.0. The summed E-state index contributed by atoms with van der Waals surface area (Å²) in [6.07, 6.45) is -1.35. The van der Waals surface area contributed by atoms with Crippen molar-refractivity contribution >= 4 is 6.08 Å². The standard InChI is InChI=1S/C36H32F6O3/c1-3-5-6-7-22-8-15-30(34(40)16-22)36(41,42)45-27-20-43-35(44-21-27)24-11-9-23(10-12-24)25-13-14-29(33(39)17-25)26-18-31(37)28(4-2)32(38)19-26/h4,8-19,27,35H,2-3,5-7,20-21H2,1H3. The molecule has 0 aliphatic carbocycles. The molecule has 0 amide bonds. The van der Waals surface area contributed by atoms with Crippen LogP contribution < -0.4 is 0 Å². The summed E-state index contributed by atoms with van der Waals surface area (Å²) < 4.78 is 104. The van der Waals surface area contributed by atoms with E-state index in [9.17, 15) is 22.0 Å². The van der Waals surface area contributed by atoms with E-state index in [4.69, 9.17) is 14.2 Å². The highest BCUT2D eigenvalue weighted by Crippen LogP contribution is 2.36. The second kappa shape index (κ2) is 14.0. The Morgan fingerprint density at radius 1 is 0.778 bits per heavy atom. The second-order valence-electron chi connectivity index (χ2n) is 10.9. The Bertz CT molecular complexity index is 1620. The summed E-state index contributed by atoms with van der Waals surface area (Å²) in [4.78, 5) is 0. The highest BCUT2D eigenvalue weighted by molar-refractivity contribution is 5.72. The van der Waals surface area contributed by atoms with Crippen LogP contribution in [0.15, 0.2) is 79.4 Å². The van der Waals surface area contributed by atoms with Gasteiger partial charge in [-0.2, -0.15) is 8.78 Å². The molecule has 0 unspecified atom stereocenters. The Labute approximate surface area is 258 Å². The van der Waals surface area contributed by atoms with Gasteiger partial charge >= 0.3 is 6.11 Å². The van der Waals surface area contributed by atoms with E-state index in [1.807, 2.05) is 6.92 Å². The first-order valence-electron chi connectivity index (χ1n) is 14.7. The maximum Gasteiger partial charge on any atom is 0.386 e. The summed E-state index contributed by atoms with van der Waals surface area (Å²) >= 11 is 0. The summed E-state index contributed by atoms with van der Waals surface area (Å²) in [6.45, 7) is 5.01. The molecule has 236 valence electrons. The Hall–Kier alpha value is -3.92. The van der Waals surface area contributed by atoms with E-state index in [1.165, 1.54) is 18.2 Å². The number of benzene rings is 4. The third-order valence-electron chi connectivity index (χ3n) is 7.68. The first-order valence-corrected chi connectivity index (χ1v) is 14.7. The minimum absolute atomic E-state index is 0.0392. The zero-order valence-corrected chi connectivity index (χ0v) is 24.6. The van der Waals surface area contributed by atoms with Gasteiger partial charge in [0.05, 0.1) is 18.8 Å². The first-order chi connectivity index (χ1) is 21.6. The molecule has 0 N–H and O–H groups in total. The number of unbranched alkanes of at least 4 members (excludes halogenated alkanes) is 2. The number of halogens is 6. The highest BCUT2D eigenvalue weighted by atomic mass is 19.3. The molecule has 0 radical (unpaired) electrons. The number of hydrogen-bond acceptors (Lipinski definition) is 3. The van der Waals surface area contributed by atoms with E-state index in [-0.39, 0.29) is 29.9 Å². The SMILES string of the molecule is C=Cc1c(F)cc(-c2ccc(-c3ccc(C4OCC(OC(F)(F)c5ccc(CCCCC)cc5F)CO4)cc3)cc2F)cc1F.